The zero-order valence-corrected chi connectivity index (χ0v) is 11.5. The number of rotatable bonds is 5. The monoisotopic (exact) mass is 307 g/mol. The molecular formula is C12H14BrN5. The molecule has 94 valence electrons. The SMILES string of the molecule is Brc1ccc(Cn2cc(CNC3CC3)nn2)nc1. The third-order valence-corrected chi connectivity index (χ3v) is 3.32. The minimum atomic E-state index is 0.656. The molecule has 18 heavy (non-hydrogen) atoms. The third kappa shape index (κ3) is 3.14. The predicted octanol–water partition coefficient (Wildman–Crippen LogP) is 1.74. The summed E-state index contributed by atoms with van der Waals surface area (Å²) >= 11 is 3.37. The van der Waals surface area contributed by atoms with E-state index in [-0.39, 0.29) is 0 Å². The van der Waals surface area contributed by atoms with Crippen molar-refractivity contribution in [1.29, 1.82) is 0 Å². The van der Waals surface area contributed by atoms with Gasteiger partial charge in [-0.1, -0.05) is 5.21 Å². The Bertz CT molecular complexity index is 518. The number of hydrogen-bond acceptors (Lipinski definition) is 4. The maximum atomic E-state index is 4.32. The van der Waals surface area contributed by atoms with Gasteiger partial charge in [0, 0.05) is 23.3 Å². The Morgan fingerprint density at radius 1 is 1.33 bits per heavy atom. The average molecular weight is 308 g/mol. The summed E-state index contributed by atoms with van der Waals surface area (Å²) in [4.78, 5) is 4.32. The molecule has 2 aromatic heterocycles. The van der Waals surface area contributed by atoms with Crippen molar-refractivity contribution in [3.05, 3.63) is 40.4 Å². The Hall–Kier alpha value is -1.27. The Labute approximate surface area is 114 Å². The Kier molecular flexibility index (Phi) is 3.38. The summed E-state index contributed by atoms with van der Waals surface area (Å²) in [5.41, 5.74) is 1.96. The van der Waals surface area contributed by atoms with E-state index >= 15 is 0 Å². The van der Waals surface area contributed by atoms with Crippen LogP contribution in [0.25, 0.3) is 0 Å². The minimum Gasteiger partial charge on any atom is -0.308 e. The first-order valence-corrected chi connectivity index (χ1v) is 6.82. The number of halogens is 1. The lowest BCUT2D eigenvalue weighted by Gasteiger charge is -2.00. The predicted molar refractivity (Wildman–Crippen MR) is 70.9 cm³/mol. The highest BCUT2D eigenvalue weighted by Gasteiger charge is 2.20. The molecule has 0 spiro atoms. The zero-order chi connectivity index (χ0) is 12.4. The Morgan fingerprint density at radius 2 is 2.22 bits per heavy atom. The van der Waals surface area contributed by atoms with E-state index in [1.165, 1.54) is 12.8 Å². The first-order valence-electron chi connectivity index (χ1n) is 6.02. The molecule has 0 aliphatic heterocycles. The maximum absolute atomic E-state index is 4.32. The normalized spacial score (nSPS) is 14.9. The van der Waals surface area contributed by atoms with Gasteiger partial charge in [-0.05, 0) is 40.9 Å². The van der Waals surface area contributed by atoms with E-state index in [0.29, 0.717) is 12.6 Å². The third-order valence-electron chi connectivity index (χ3n) is 2.85. The molecule has 0 aromatic carbocycles. The topological polar surface area (TPSA) is 55.6 Å². The second kappa shape index (κ2) is 5.16. The van der Waals surface area contributed by atoms with Crippen molar-refractivity contribution in [2.45, 2.75) is 32.0 Å². The molecule has 1 saturated carbocycles. The second-order valence-electron chi connectivity index (χ2n) is 4.53. The summed E-state index contributed by atoms with van der Waals surface area (Å²) in [6.45, 7) is 1.46. The minimum absolute atomic E-state index is 0.656. The van der Waals surface area contributed by atoms with E-state index in [1.807, 2.05) is 23.0 Å². The van der Waals surface area contributed by atoms with Crippen LogP contribution in [0.4, 0.5) is 0 Å². The molecule has 2 aromatic rings. The van der Waals surface area contributed by atoms with Gasteiger partial charge in [-0.15, -0.1) is 5.10 Å². The molecule has 0 atom stereocenters. The smallest absolute Gasteiger partial charge is 0.0965 e. The van der Waals surface area contributed by atoms with Crippen molar-refractivity contribution < 1.29 is 0 Å². The zero-order valence-electron chi connectivity index (χ0n) is 9.88. The second-order valence-corrected chi connectivity index (χ2v) is 5.45. The van der Waals surface area contributed by atoms with Gasteiger partial charge in [-0.3, -0.25) is 4.98 Å². The molecule has 5 nitrogen and oxygen atoms in total. The van der Waals surface area contributed by atoms with Gasteiger partial charge in [0.1, 0.15) is 0 Å². The molecule has 2 heterocycles. The highest BCUT2D eigenvalue weighted by Crippen LogP contribution is 2.18. The molecule has 0 amide bonds. The van der Waals surface area contributed by atoms with Crippen LogP contribution >= 0.6 is 15.9 Å². The molecule has 0 bridgehead atoms. The Morgan fingerprint density at radius 3 is 2.94 bits per heavy atom. The van der Waals surface area contributed by atoms with E-state index in [9.17, 15) is 0 Å². The standard InChI is InChI=1S/C12H14BrN5/c13-9-1-2-11(14-5-9)7-18-8-12(16-17-18)6-15-10-3-4-10/h1-2,5,8,10,15H,3-4,6-7H2. The van der Waals surface area contributed by atoms with Gasteiger partial charge in [-0.25, -0.2) is 4.68 Å². The number of pyridine rings is 1. The largest absolute Gasteiger partial charge is 0.308 e. The molecule has 1 aliphatic rings. The van der Waals surface area contributed by atoms with E-state index < -0.39 is 0 Å². The van der Waals surface area contributed by atoms with Gasteiger partial charge in [0.15, 0.2) is 0 Å². The van der Waals surface area contributed by atoms with Gasteiger partial charge in [0.2, 0.25) is 0 Å². The number of aromatic nitrogens is 4. The van der Waals surface area contributed by atoms with E-state index in [2.05, 4.69) is 36.5 Å². The summed E-state index contributed by atoms with van der Waals surface area (Å²) in [6, 6.07) is 4.66. The average Bonchev–Trinajstić information content (AvgIpc) is 3.10. The van der Waals surface area contributed by atoms with E-state index in [4.69, 9.17) is 0 Å². The summed E-state index contributed by atoms with van der Waals surface area (Å²) < 4.78 is 2.80. The van der Waals surface area contributed by atoms with Crippen LogP contribution in [0.3, 0.4) is 0 Å². The van der Waals surface area contributed by atoms with E-state index in [1.54, 1.807) is 6.20 Å². The number of nitrogens with zero attached hydrogens (tertiary/aromatic N) is 4. The van der Waals surface area contributed by atoms with E-state index in [0.717, 1.165) is 22.4 Å². The Balaban J connectivity index is 1.60. The summed E-state index contributed by atoms with van der Waals surface area (Å²) in [5.74, 6) is 0. The fraction of sp³-hybridized carbons (Fsp3) is 0.417. The van der Waals surface area contributed by atoms with Gasteiger partial charge in [0.25, 0.3) is 0 Å². The molecule has 1 fully saturated rings. The van der Waals surface area contributed by atoms with Gasteiger partial charge in [0.05, 0.1) is 24.1 Å². The van der Waals surface area contributed by atoms with Crippen molar-refractivity contribution in [3.63, 3.8) is 0 Å². The lowest BCUT2D eigenvalue weighted by molar-refractivity contribution is 0.636. The highest BCUT2D eigenvalue weighted by molar-refractivity contribution is 9.10. The highest BCUT2D eigenvalue weighted by atomic mass is 79.9. The van der Waals surface area contributed by atoms with Crippen LogP contribution < -0.4 is 5.32 Å². The fourth-order valence-corrected chi connectivity index (χ4v) is 1.93. The van der Waals surface area contributed by atoms with Crippen LogP contribution in [0.5, 0.6) is 0 Å². The van der Waals surface area contributed by atoms with Crippen LogP contribution in [0.15, 0.2) is 29.0 Å². The molecule has 1 N–H and O–H groups in total. The van der Waals surface area contributed by atoms with Crippen molar-refractivity contribution in [1.82, 2.24) is 25.3 Å². The molecule has 0 saturated heterocycles. The number of nitrogens with one attached hydrogen (secondary N) is 1. The van der Waals surface area contributed by atoms with Crippen molar-refractivity contribution in [2.75, 3.05) is 0 Å². The van der Waals surface area contributed by atoms with Crippen LogP contribution in [0.2, 0.25) is 0 Å². The molecular weight excluding hydrogens is 294 g/mol. The van der Waals surface area contributed by atoms with Gasteiger partial charge in [-0.2, -0.15) is 0 Å². The molecule has 3 rings (SSSR count). The first-order chi connectivity index (χ1) is 8.79. The molecule has 0 unspecified atom stereocenters. The maximum Gasteiger partial charge on any atom is 0.0965 e. The first kappa shape index (κ1) is 11.8. The van der Waals surface area contributed by atoms with Crippen LogP contribution in [0.1, 0.15) is 24.2 Å². The molecule has 1 aliphatic carbocycles. The van der Waals surface area contributed by atoms with Crippen LogP contribution in [-0.4, -0.2) is 26.0 Å². The summed E-state index contributed by atoms with van der Waals surface area (Å²) in [7, 11) is 0. The van der Waals surface area contributed by atoms with Crippen LogP contribution in [-0.2, 0) is 13.1 Å². The fourth-order valence-electron chi connectivity index (χ4n) is 1.70. The van der Waals surface area contributed by atoms with Crippen molar-refractivity contribution >= 4 is 15.9 Å². The van der Waals surface area contributed by atoms with Gasteiger partial charge >= 0.3 is 0 Å². The van der Waals surface area contributed by atoms with Crippen molar-refractivity contribution in [3.8, 4) is 0 Å². The number of hydrogen-bond donors (Lipinski definition) is 1. The lowest BCUT2D eigenvalue weighted by atomic mass is 10.3. The lowest BCUT2D eigenvalue weighted by Crippen LogP contribution is -2.15. The summed E-state index contributed by atoms with van der Waals surface area (Å²) in [6.07, 6.45) is 6.34. The summed E-state index contributed by atoms with van der Waals surface area (Å²) in [5, 5.41) is 11.7. The van der Waals surface area contributed by atoms with Gasteiger partial charge < -0.3 is 5.32 Å². The van der Waals surface area contributed by atoms with Crippen molar-refractivity contribution in [2.24, 2.45) is 0 Å². The van der Waals surface area contributed by atoms with Crippen LogP contribution in [0, 0.1) is 0 Å². The molecule has 0 radical (unpaired) electrons. The molecule has 6 heteroatoms. The quantitative estimate of drug-likeness (QED) is 0.914.